The second-order valence-electron chi connectivity index (χ2n) is 8.71. The molecule has 172 valence electrons. The van der Waals surface area contributed by atoms with Gasteiger partial charge in [-0.15, -0.1) is 11.8 Å². The van der Waals surface area contributed by atoms with Crippen LogP contribution in [0.5, 0.6) is 0 Å². The number of thiazole rings is 1. The minimum absolute atomic E-state index is 0.00552. The smallest absolute Gasteiger partial charge is 0.324 e. The Labute approximate surface area is 197 Å². The molecule has 1 heterocycles. The molecule has 1 aromatic carbocycles. The van der Waals surface area contributed by atoms with Crippen molar-refractivity contribution in [2.75, 3.05) is 11.1 Å². The van der Waals surface area contributed by atoms with Crippen molar-refractivity contribution >= 4 is 40.2 Å². The fourth-order valence-electron chi connectivity index (χ4n) is 5.07. The molecule has 0 unspecified atom stereocenters. The molecule has 0 atom stereocenters. The SMILES string of the molecule is O=C(O)CSc1cnc(NC(=O)N(C2CCCCC2)[C@H]2CC[C@H](c3ccccc3)CC2)s1. The lowest BCUT2D eigenvalue weighted by molar-refractivity contribution is -0.133. The molecule has 2 aliphatic rings. The lowest BCUT2D eigenvalue weighted by Crippen LogP contribution is -2.50. The third-order valence-electron chi connectivity index (χ3n) is 6.60. The Bertz CT molecular complexity index is 891. The fraction of sp³-hybridized carbons (Fsp3) is 0.542. The van der Waals surface area contributed by atoms with Gasteiger partial charge < -0.3 is 10.0 Å². The van der Waals surface area contributed by atoms with Gasteiger partial charge in [-0.1, -0.05) is 60.9 Å². The summed E-state index contributed by atoms with van der Waals surface area (Å²) in [7, 11) is 0. The standard InChI is InChI=1S/C24H31N3O3S2/c28-21(29)16-31-22-15-25-23(32-22)26-24(30)27(19-9-5-2-6-10-19)20-13-11-18(12-14-20)17-7-3-1-4-8-17/h1,3-4,7-8,15,18-20H,2,5-6,9-14,16H2,(H,28,29)(H,25,26,30)/t18-,20-. The van der Waals surface area contributed by atoms with Crippen LogP contribution in [0.4, 0.5) is 9.93 Å². The van der Waals surface area contributed by atoms with Crippen molar-refractivity contribution < 1.29 is 14.7 Å². The quantitative estimate of drug-likeness (QED) is 0.467. The topological polar surface area (TPSA) is 82.5 Å². The van der Waals surface area contributed by atoms with Crippen LogP contribution in [0.25, 0.3) is 0 Å². The molecule has 2 aliphatic carbocycles. The number of aliphatic carboxylic acids is 1. The largest absolute Gasteiger partial charge is 0.481 e. The zero-order chi connectivity index (χ0) is 22.3. The molecule has 2 N–H and O–H groups in total. The van der Waals surface area contributed by atoms with Crippen LogP contribution in [0.3, 0.4) is 0 Å². The van der Waals surface area contributed by atoms with Crippen molar-refractivity contribution in [3.63, 3.8) is 0 Å². The highest BCUT2D eigenvalue weighted by Crippen LogP contribution is 2.37. The van der Waals surface area contributed by atoms with Gasteiger partial charge in [-0.25, -0.2) is 9.78 Å². The van der Waals surface area contributed by atoms with Gasteiger partial charge >= 0.3 is 12.0 Å². The van der Waals surface area contributed by atoms with Crippen LogP contribution >= 0.6 is 23.1 Å². The molecule has 2 aromatic rings. The number of rotatable bonds is 7. The minimum atomic E-state index is -0.858. The molecule has 8 heteroatoms. The van der Waals surface area contributed by atoms with E-state index in [-0.39, 0.29) is 17.8 Å². The van der Waals surface area contributed by atoms with Gasteiger partial charge in [-0.05, 0) is 50.0 Å². The summed E-state index contributed by atoms with van der Waals surface area (Å²) >= 11 is 2.57. The molecule has 0 aliphatic heterocycles. The lowest BCUT2D eigenvalue weighted by Gasteiger charge is -2.42. The van der Waals surface area contributed by atoms with E-state index in [9.17, 15) is 9.59 Å². The number of carbonyl (C=O) groups excluding carboxylic acids is 1. The maximum Gasteiger partial charge on any atom is 0.324 e. The molecule has 2 fully saturated rings. The number of carboxylic acid groups (broad SMARTS) is 1. The maximum atomic E-state index is 13.4. The van der Waals surface area contributed by atoms with Crippen LogP contribution in [0.15, 0.2) is 40.7 Å². The number of nitrogens with one attached hydrogen (secondary N) is 1. The number of hydrogen-bond donors (Lipinski definition) is 2. The summed E-state index contributed by atoms with van der Waals surface area (Å²) in [6, 6.07) is 11.2. The van der Waals surface area contributed by atoms with Crippen LogP contribution < -0.4 is 5.32 Å². The highest BCUT2D eigenvalue weighted by molar-refractivity contribution is 8.01. The molecule has 0 spiro atoms. The van der Waals surface area contributed by atoms with Crippen molar-refractivity contribution in [3.05, 3.63) is 42.1 Å². The molecular formula is C24H31N3O3S2. The van der Waals surface area contributed by atoms with Crippen LogP contribution in [-0.2, 0) is 4.79 Å². The van der Waals surface area contributed by atoms with E-state index in [2.05, 4.69) is 45.5 Å². The Morgan fingerprint density at radius 2 is 1.72 bits per heavy atom. The van der Waals surface area contributed by atoms with Crippen LogP contribution in [0, 0.1) is 0 Å². The molecule has 2 saturated carbocycles. The Kier molecular flexibility index (Phi) is 8.08. The van der Waals surface area contributed by atoms with Gasteiger partial charge in [0, 0.05) is 12.1 Å². The number of aromatic nitrogens is 1. The van der Waals surface area contributed by atoms with Gasteiger partial charge in [-0.2, -0.15) is 0 Å². The minimum Gasteiger partial charge on any atom is -0.481 e. The number of anilines is 1. The van der Waals surface area contributed by atoms with Gasteiger partial charge in [0.1, 0.15) is 0 Å². The number of urea groups is 1. The molecule has 6 nitrogen and oxygen atoms in total. The first-order valence-electron chi connectivity index (χ1n) is 11.5. The number of hydrogen-bond acceptors (Lipinski definition) is 5. The van der Waals surface area contributed by atoms with Gasteiger partial charge in [0.05, 0.1) is 16.2 Å². The van der Waals surface area contributed by atoms with Crippen molar-refractivity contribution in [3.8, 4) is 0 Å². The normalized spacial score (nSPS) is 21.8. The summed E-state index contributed by atoms with van der Waals surface area (Å²) in [4.78, 5) is 30.7. The van der Waals surface area contributed by atoms with Crippen LogP contribution in [0.1, 0.15) is 69.3 Å². The first-order valence-corrected chi connectivity index (χ1v) is 13.3. The second-order valence-corrected chi connectivity index (χ2v) is 11.0. The summed E-state index contributed by atoms with van der Waals surface area (Å²) in [5.41, 5.74) is 1.41. The van der Waals surface area contributed by atoms with Crippen LogP contribution in [-0.4, -0.2) is 44.8 Å². The van der Waals surface area contributed by atoms with E-state index in [0.717, 1.165) is 42.7 Å². The third kappa shape index (κ3) is 6.04. The maximum absolute atomic E-state index is 13.4. The number of carboxylic acids is 1. The Morgan fingerprint density at radius 3 is 2.41 bits per heavy atom. The Morgan fingerprint density at radius 1 is 1.03 bits per heavy atom. The predicted octanol–water partition coefficient (Wildman–Crippen LogP) is 6.21. The molecule has 1 aromatic heterocycles. The van der Waals surface area contributed by atoms with E-state index < -0.39 is 5.97 Å². The molecule has 0 saturated heterocycles. The fourth-order valence-corrected chi connectivity index (χ4v) is 6.66. The highest BCUT2D eigenvalue weighted by atomic mass is 32.2. The number of carbonyl (C=O) groups is 2. The Hall–Kier alpha value is -2.06. The van der Waals surface area contributed by atoms with E-state index >= 15 is 0 Å². The second kappa shape index (κ2) is 11.2. The van der Waals surface area contributed by atoms with E-state index in [0.29, 0.717) is 17.1 Å². The molecule has 32 heavy (non-hydrogen) atoms. The molecule has 2 amide bonds. The van der Waals surface area contributed by atoms with Gasteiger partial charge in [0.15, 0.2) is 5.13 Å². The monoisotopic (exact) mass is 473 g/mol. The summed E-state index contributed by atoms with van der Waals surface area (Å²) < 4.78 is 0.801. The summed E-state index contributed by atoms with van der Waals surface area (Å²) in [6.07, 6.45) is 11.7. The molecule has 4 rings (SSSR count). The summed E-state index contributed by atoms with van der Waals surface area (Å²) in [5.74, 6) is -0.283. The Balaban J connectivity index is 1.41. The number of nitrogens with zero attached hydrogens (tertiary/aromatic N) is 2. The van der Waals surface area contributed by atoms with Crippen molar-refractivity contribution in [2.24, 2.45) is 0 Å². The highest BCUT2D eigenvalue weighted by Gasteiger charge is 2.35. The molecular weight excluding hydrogens is 442 g/mol. The number of amides is 2. The van der Waals surface area contributed by atoms with E-state index in [1.807, 2.05) is 0 Å². The predicted molar refractivity (Wildman–Crippen MR) is 130 cm³/mol. The van der Waals surface area contributed by atoms with Crippen LogP contribution in [0.2, 0.25) is 0 Å². The van der Waals surface area contributed by atoms with Crippen molar-refractivity contribution in [1.82, 2.24) is 9.88 Å². The lowest BCUT2D eigenvalue weighted by atomic mass is 9.80. The molecule has 0 radical (unpaired) electrons. The van der Waals surface area contributed by atoms with E-state index in [1.54, 1.807) is 6.20 Å². The summed E-state index contributed by atoms with van der Waals surface area (Å²) in [5, 5.41) is 12.4. The first kappa shape index (κ1) is 23.1. The average Bonchev–Trinajstić information content (AvgIpc) is 3.27. The first-order chi connectivity index (χ1) is 15.6. The van der Waals surface area contributed by atoms with Crippen molar-refractivity contribution in [2.45, 2.75) is 80.0 Å². The van der Waals surface area contributed by atoms with Crippen molar-refractivity contribution in [1.29, 1.82) is 0 Å². The van der Waals surface area contributed by atoms with E-state index in [1.165, 1.54) is 47.9 Å². The molecule has 0 bridgehead atoms. The zero-order valence-corrected chi connectivity index (χ0v) is 19.9. The van der Waals surface area contributed by atoms with E-state index in [4.69, 9.17) is 5.11 Å². The number of benzene rings is 1. The zero-order valence-electron chi connectivity index (χ0n) is 18.2. The average molecular weight is 474 g/mol. The third-order valence-corrected chi connectivity index (χ3v) is 8.69. The van der Waals surface area contributed by atoms with Gasteiger partial charge in [0.25, 0.3) is 0 Å². The van der Waals surface area contributed by atoms with Gasteiger partial charge in [-0.3, -0.25) is 10.1 Å². The number of thioether (sulfide) groups is 1. The summed E-state index contributed by atoms with van der Waals surface area (Å²) in [6.45, 7) is 0. The van der Waals surface area contributed by atoms with Gasteiger partial charge in [0.2, 0.25) is 0 Å².